The Morgan fingerprint density at radius 1 is 0.929 bits per heavy atom. The first kappa shape index (κ1) is 31.0. The summed E-state index contributed by atoms with van der Waals surface area (Å²) >= 11 is 0. The number of hydrogen-bond donors (Lipinski definition) is 6. The molecule has 0 unspecified atom stereocenters. The van der Waals surface area contributed by atoms with Gasteiger partial charge < -0.3 is 41.6 Å². The molecule has 4 rings (SSSR count). The zero-order chi connectivity index (χ0) is 29.6. The van der Waals surface area contributed by atoms with Crippen LogP contribution in [-0.2, 0) is 16.0 Å². The van der Waals surface area contributed by atoms with Crippen molar-refractivity contribution in [1.29, 1.82) is 0 Å². The Morgan fingerprint density at radius 2 is 1.67 bits per heavy atom. The third-order valence-electron chi connectivity index (χ3n) is 6.55. The lowest BCUT2D eigenvalue weighted by atomic mass is 9.93. The van der Waals surface area contributed by atoms with E-state index < -0.39 is 0 Å². The fourth-order valence-corrected chi connectivity index (χ4v) is 4.42. The fourth-order valence-electron chi connectivity index (χ4n) is 4.42. The van der Waals surface area contributed by atoms with Gasteiger partial charge in [0.25, 0.3) is 5.91 Å². The zero-order valence-electron chi connectivity index (χ0n) is 23.5. The van der Waals surface area contributed by atoms with Crippen LogP contribution in [0.5, 0.6) is 0 Å². The second kappa shape index (κ2) is 16.5. The summed E-state index contributed by atoms with van der Waals surface area (Å²) in [5.41, 5.74) is 7.19. The van der Waals surface area contributed by atoms with Gasteiger partial charge in [0.2, 0.25) is 17.8 Å². The topological polar surface area (TPSA) is 169 Å². The minimum atomic E-state index is -0.321. The Morgan fingerprint density at radius 3 is 2.45 bits per heavy atom. The van der Waals surface area contributed by atoms with Crippen molar-refractivity contribution in [3.05, 3.63) is 65.5 Å². The van der Waals surface area contributed by atoms with Crippen LogP contribution < -0.4 is 27.0 Å². The van der Waals surface area contributed by atoms with Gasteiger partial charge in [0, 0.05) is 36.9 Å². The second-order valence-corrected chi connectivity index (χ2v) is 9.91. The number of halogens is 1. The first-order chi connectivity index (χ1) is 20.5. The monoisotopic (exact) mass is 582 g/mol. The number of benzene rings is 2. The van der Waals surface area contributed by atoms with E-state index in [1.54, 1.807) is 30.3 Å². The molecule has 1 heterocycles. The SMILES string of the molecule is NCCOCCOCCNC(=O)c1cccc(Nc2nc(NCc3cccc(F)c3)nc(NC3CCC(O)CC3)n2)c1. The standard InChI is InChI=1S/C29H39FN8O4/c30-22-5-1-3-20(17-22)19-33-27-36-28(34-23-7-9-25(39)10-8-23)38-29(37-27)35-24-6-2-4-21(18-24)26(40)32-12-14-42-16-15-41-13-11-31/h1-6,17-18,23,25,39H,7-16,19,31H2,(H,32,40)(H3,33,34,35,36,37,38). The summed E-state index contributed by atoms with van der Waals surface area (Å²) in [4.78, 5) is 26.2. The summed E-state index contributed by atoms with van der Waals surface area (Å²) in [5, 5.41) is 22.3. The average Bonchev–Trinajstić information content (AvgIpc) is 2.99. The van der Waals surface area contributed by atoms with Crippen molar-refractivity contribution in [2.24, 2.45) is 5.73 Å². The molecule has 0 radical (unpaired) electrons. The summed E-state index contributed by atoms with van der Waals surface area (Å²) < 4.78 is 24.3. The number of aliphatic hydroxyl groups is 1. The number of rotatable bonds is 16. The van der Waals surface area contributed by atoms with E-state index in [1.165, 1.54) is 12.1 Å². The third-order valence-corrected chi connectivity index (χ3v) is 6.55. The van der Waals surface area contributed by atoms with Crippen LogP contribution in [0.25, 0.3) is 0 Å². The molecule has 1 aliphatic carbocycles. The Labute approximate surface area is 244 Å². The molecular weight excluding hydrogens is 543 g/mol. The number of ether oxygens (including phenoxy) is 2. The van der Waals surface area contributed by atoms with E-state index in [-0.39, 0.29) is 29.8 Å². The average molecular weight is 583 g/mol. The molecule has 7 N–H and O–H groups in total. The van der Waals surface area contributed by atoms with Gasteiger partial charge in [-0.25, -0.2) is 4.39 Å². The summed E-state index contributed by atoms with van der Waals surface area (Å²) in [6, 6.07) is 13.4. The van der Waals surface area contributed by atoms with Crippen LogP contribution in [0.4, 0.5) is 27.9 Å². The van der Waals surface area contributed by atoms with Crippen LogP contribution in [0, 0.1) is 5.82 Å². The Bertz CT molecular complexity index is 1280. The van der Waals surface area contributed by atoms with E-state index in [4.69, 9.17) is 15.2 Å². The maximum Gasteiger partial charge on any atom is 0.251 e. The number of nitrogens with zero attached hydrogens (tertiary/aromatic N) is 3. The quantitative estimate of drug-likeness (QED) is 0.137. The van der Waals surface area contributed by atoms with E-state index in [1.807, 2.05) is 6.07 Å². The summed E-state index contributed by atoms with van der Waals surface area (Å²) in [6.07, 6.45) is 2.74. The Kier molecular flexibility index (Phi) is 12.2. The molecule has 12 nitrogen and oxygen atoms in total. The lowest BCUT2D eigenvalue weighted by Crippen LogP contribution is -2.29. The van der Waals surface area contributed by atoms with E-state index >= 15 is 0 Å². The van der Waals surface area contributed by atoms with E-state index in [0.29, 0.717) is 82.1 Å². The van der Waals surface area contributed by atoms with Gasteiger partial charge in [-0.2, -0.15) is 15.0 Å². The molecule has 0 atom stereocenters. The molecule has 13 heteroatoms. The molecule has 42 heavy (non-hydrogen) atoms. The third kappa shape index (κ3) is 10.5. The molecule has 1 aliphatic rings. The van der Waals surface area contributed by atoms with Crippen molar-refractivity contribution in [2.45, 2.75) is 44.4 Å². The highest BCUT2D eigenvalue weighted by molar-refractivity contribution is 5.95. The van der Waals surface area contributed by atoms with Crippen molar-refractivity contribution in [3.63, 3.8) is 0 Å². The van der Waals surface area contributed by atoms with Crippen LogP contribution in [0.1, 0.15) is 41.6 Å². The van der Waals surface area contributed by atoms with Crippen LogP contribution in [0.15, 0.2) is 48.5 Å². The largest absolute Gasteiger partial charge is 0.393 e. The lowest BCUT2D eigenvalue weighted by molar-refractivity contribution is 0.0511. The number of aromatic nitrogens is 3. The predicted molar refractivity (Wildman–Crippen MR) is 158 cm³/mol. The summed E-state index contributed by atoms with van der Waals surface area (Å²) in [6.45, 7) is 2.88. The number of carbonyl (C=O) groups is 1. The van der Waals surface area contributed by atoms with Crippen LogP contribution in [0.2, 0.25) is 0 Å². The predicted octanol–water partition coefficient (Wildman–Crippen LogP) is 2.80. The van der Waals surface area contributed by atoms with Crippen molar-refractivity contribution >= 4 is 29.4 Å². The van der Waals surface area contributed by atoms with Gasteiger partial charge >= 0.3 is 0 Å². The molecule has 1 fully saturated rings. The van der Waals surface area contributed by atoms with Crippen LogP contribution in [0.3, 0.4) is 0 Å². The highest BCUT2D eigenvalue weighted by atomic mass is 19.1. The van der Waals surface area contributed by atoms with Gasteiger partial charge in [-0.1, -0.05) is 18.2 Å². The van der Waals surface area contributed by atoms with Crippen molar-refractivity contribution in [2.75, 3.05) is 55.5 Å². The van der Waals surface area contributed by atoms with Gasteiger partial charge in [0.15, 0.2) is 0 Å². The number of nitrogens with two attached hydrogens (primary N) is 1. The highest BCUT2D eigenvalue weighted by Gasteiger charge is 2.20. The number of anilines is 4. The molecule has 0 bridgehead atoms. The minimum Gasteiger partial charge on any atom is -0.393 e. The van der Waals surface area contributed by atoms with Crippen LogP contribution >= 0.6 is 0 Å². The molecule has 0 saturated heterocycles. The Balaban J connectivity index is 1.39. The van der Waals surface area contributed by atoms with Crippen molar-refractivity contribution in [3.8, 4) is 0 Å². The first-order valence-electron chi connectivity index (χ1n) is 14.2. The number of amides is 1. The van der Waals surface area contributed by atoms with Gasteiger partial charge in [-0.15, -0.1) is 0 Å². The van der Waals surface area contributed by atoms with E-state index in [0.717, 1.165) is 18.4 Å². The maximum absolute atomic E-state index is 13.6. The highest BCUT2D eigenvalue weighted by Crippen LogP contribution is 2.23. The number of aliphatic hydroxyl groups excluding tert-OH is 1. The Hall–Kier alpha value is -3.91. The first-order valence-corrected chi connectivity index (χ1v) is 14.2. The van der Waals surface area contributed by atoms with Gasteiger partial charge in [0.05, 0.1) is 32.5 Å². The molecule has 1 amide bonds. The van der Waals surface area contributed by atoms with Gasteiger partial charge in [0.1, 0.15) is 5.82 Å². The molecule has 2 aromatic carbocycles. The lowest BCUT2D eigenvalue weighted by Gasteiger charge is -2.26. The molecule has 1 aromatic heterocycles. The van der Waals surface area contributed by atoms with Crippen LogP contribution in [-0.4, -0.2) is 77.6 Å². The number of nitrogens with one attached hydrogen (secondary N) is 4. The molecule has 1 saturated carbocycles. The molecular formula is C29H39FN8O4. The molecule has 0 aliphatic heterocycles. The summed E-state index contributed by atoms with van der Waals surface area (Å²) in [5.74, 6) is 0.387. The van der Waals surface area contributed by atoms with Gasteiger partial charge in [-0.05, 0) is 61.6 Å². The molecule has 3 aromatic rings. The van der Waals surface area contributed by atoms with E-state index in [2.05, 4.69) is 36.2 Å². The van der Waals surface area contributed by atoms with Crippen molar-refractivity contribution in [1.82, 2.24) is 20.3 Å². The normalized spacial score (nSPS) is 16.5. The fraction of sp³-hybridized carbons (Fsp3) is 0.448. The smallest absolute Gasteiger partial charge is 0.251 e. The molecule has 226 valence electrons. The summed E-state index contributed by atoms with van der Waals surface area (Å²) in [7, 11) is 0. The van der Waals surface area contributed by atoms with Crippen molar-refractivity contribution < 1.29 is 23.8 Å². The minimum absolute atomic E-state index is 0.120. The maximum atomic E-state index is 13.6. The number of carbonyl (C=O) groups excluding carboxylic acids is 1. The van der Waals surface area contributed by atoms with E-state index in [9.17, 15) is 14.3 Å². The zero-order valence-corrected chi connectivity index (χ0v) is 23.5. The second-order valence-electron chi connectivity index (χ2n) is 9.91. The van der Waals surface area contributed by atoms with Gasteiger partial charge in [-0.3, -0.25) is 4.79 Å². The number of hydrogen-bond acceptors (Lipinski definition) is 11. The molecule has 0 spiro atoms.